The van der Waals surface area contributed by atoms with Gasteiger partial charge in [-0.25, -0.2) is 4.98 Å². The summed E-state index contributed by atoms with van der Waals surface area (Å²) in [6, 6.07) is 16.8. The van der Waals surface area contributed by atoms with Gasteiger partial charge in [-0.15, -0.1) is 0 Å². The molecule has 0 atom stereocenters. The lowest BCUT2D eigenvalue weighted by atomic mass is 10.0. The number of benzene rings is 3. The van der Waals surface area contributed by atoms with Gasteiger partial charge in [0.2, 0.25) is 11.6 Å². The number of hydrogen-bond acceptors (Lipinski definition) is 6. The highest BCUT2D eigenvalue weighted by molar-refractivity contribution is 6.05. The molecular formula is C27H26N2O5. The lowest BCUT2D eigenvalue weighted by Crippen LogP contribution is -2.12. The van der Waals surface area contributed by atoms with E-state index in [1.807, 2.05) is 12.1 Å². The third-order valence-corrected chi connectivity index (χ3v) is 5.49. The van der Waals surface area contributed by atoms with Crippen LogP contribution in [-0.2, 0) is 0 Å². The zero-order valence-corrected chi connectivity index (χ0v) is 19.8. The molecule has 0 radical (unpaired) electrons. The van der Waals surface area contributed by atoms with Crippen LogP contribution in [0.2, 0.25) is 0 Å². The average Bonchev–Trinajstić information content (AvgIpc) is 3.35. The highest BCUT2D eigenvalue weighted by atomic mass is 16.5. The molecule has 1 N–H and O–H groups in total. The van der Waals surface area contributed by atoms with E-state index in [0.29, 0.717) is 34.4 Å². The molecule has 0 saturated heterocycles. The maximum Gasteiger partial charge on any atom is 0.255 e. The Bertz CT molecular complexity index is 1300. The van der Waals surface area contributed by atoms with Crippen LogP contribution in [0.25, 0.3) is 22.7 Å². The van der Waals surface area contributed by atoms with Crippen molar-refractivity contribution in [3.05, 3.63) is 77.6 Å². The summed E-state index contributed by atoms with van der Waals surface area (Å²) < 4.78 is 21.7. The van der Waals surface area contributed by atoms with Gasteiger partial charge in [0.1, 0.15) is 12.0 Å². The molecule has 0 fully saturated rings. The summed E-state index contributed by atoms with van der Waals surface area (Å²) in [5.74, 6) is 1.45. The van der Waals surface area contributed by atoms with E-state index in [-0.39, 0.29) is 5.91 Å². The van der Waals surface area contributed by atoms with Crippen molar-refractivity contribution in [2.75, 3.05) is 26.6 Å². The Hall–Kier alpha value is -4.26. The molecular weight excluding hydrogens is 432 g/mol. The number of hydrogen-bond donors (Lipinski definition) is 1. The number of oxazole rings is 1. The second kappa shape index (κ2) is 9.70. The number of amides is 1. The maximum atomic E-state index is 12.8. The van der Waals surface area contributed by atoms with Crippen molar-refractivity contribution < 1.29 is 23.4 Å². The molecule has 1 aromatic heterocycles. The Kier molecular flexibility index (Phi) is 6.54. The molecule has 7 nitrogen and oxygen atoms in total. The lowest BCUT2D eigenvalue weighted by Gasteiger charge is -2.14. The molecule has 0 aliphatic heterocycles. The molecule has 1 amide bonds. The third kappa shape index (κ3) is 4.59. The normalized spacial score (nSPS) is 10.6. The molecule has 0 aliphatic carbocycles. The van der Waals surface area contributed by atoms with E-state index in [4.69, 9.17) is 18.6 Å². The average molecular weight is 459 g/mol. The monoisotopic (exact) mass is 458 g/mol. The second-order valence-corrected chi connectivity index (χ2v) is 7.80. The van der Waals surface area contributed by atoms with Crippen molar-refractivity contribution in [3.8, 4) is 40.0 Å². The first-order chi connectivity index (χ1) is 16.4. The van der Waals surface area contributed by atoms with E-state index in [2.05, 4.69) is 42.3 Å². The predicted molar refractivity (Wildman–Crippen MR) is 131 cm³/mol. The summed E-state index contributed by atoms with van der Waals surface area (Å²) in [6.07, 6.45) is 1.66. The van der Waals surface area contributed by atoms with Gasteiger partial charge in [-0.2, -0.15) is 0 Å². The van der Waals surface area contributed by atoms with E-state index >= 15 is 0 Å². The first-order valence-electron chi connectivity index (χ1n) is 10.7. The standard InChI is InChI=1S/C27H26N2O5/c1-16-6-7-17(2)21(12-16)22-15-34-27(29-22)18-8-10-20(11-9-18)28-26(30)19-13-23(31-3)25(33-5)24(14-19)32-4/h6-15H,1-5H3,(H,28,30). The van der Waals surface area contributed by atoms with Crippen LogP contribution in [0.5, 0.6) is 17.2 Å². The summed E-state index contributed by atoms with van der Waals surface area (Å²) in [7, 11) is 4.53. The number of anilines is 1. The highest BCUT2D eigenvalue weighted by Gasteiger charge is 2.17. The Morgan fingerprint density at radius 3 is 2.18 bits per heavy atom. The second-order valence-electron chi connectivity index (χ2n) is 7.80. The fraction of sp³-hybridized carbons (Fsp3) is 0.185. The van der Waals surface area contributed by atoms with Crippen molar-refractivity contribution >= 4 is 11.6 Å². The van der Waals surface area contributed by atoms with E-state index in [1.54, 1.807) is 30.5 Å². The van der Waals surface area contributed by atoms with Crippen molar-refractivity contribution in [1.82, 2.24) is 4.98 Å². The van der Waals surface area contributed by atoms with E-state index in [9.17, 15) is 4.79 Å². The van der Waals surface area contributed by atoms with Crippen molar-refractivity contribution in [2.45, 2.75) is 13.8 Å². The maximum absolute atomic E-state index is 12.8. The van der Waals surface area contributed by atoms with Gasteiger partial charge in [0, 0.05) is 22.4 Å². The summed E-state index contributed by atoms with van der Waals surface area (Å²) in [5.41, 5.74) is 5.95. The van der Waals surface area contributed by atoms with Crippen LogP contribution in [0, 0.1) is 13.8 Å². The topological polar surface area (TPSA) is 82.8 Å². The van der Waals surface area contributed by atoms with Crippen LogP contribution < -0.4 is 19.5 Å². The van der Waals surface area contributed by atoms with Gasteiger partial charge in [0.05, 0.1) is 21.3 Å². The first kappa shape index (κ1) is 22.9. The van der Waals surface area contributed by atoms with Gasteiger partial charge < -0.3 is 23.9 Å². The van der Waals surface area contributed by atoms with Crippen LogP contribution >= 0.6 is 0 Å². The van der Waals surface area contributed by atoms with Crippen molar-refractivity contribution in [3.63, 3.8) is 0 Å². The Labute approximate surface area is 198 Å². The molecule has 0 aliphatic rings. The molecule has 4 aromatic rings. The summed E-state index contributed by atoms with van der Waals surface area (Å²) in [4.78, 5) is 17.5. The minimum atomic E-state index is -0.305. The Morgan fingerprint density at radius 1 is 0.882 bits per heavy atom. The number of aryl methyl sites for hydroxylation is 2. The van der Waals surface area contributed by atoms with Crippen molar-refractivity contribution in [1.29, 1.82) is 0 Å². The van der Waals surface area contributed by atoms with Crippen LogP contribution in [0.3, 0.4) is 0 Å². The fourth-order valence-electron chi connectivity index (χ4n) is 3.65. The molecule has 3 aromatic carbocycles. The smallest absolute Gasteiger partial charge is 0.255 e. The number of rotatable bonds is 7. The minimum Gasteiger partial charge on any atom is -0.493 e. The number of aromatic nitrogens is 1. The lowest BCUT2D eigenvalue weighted by molar-refractivity contribution is 0.102. The number of methoxy groups -OCH3 is 3. The third-order valence-electron chi connectivity index (χ3n) is 5.49. The molecule has 0 spiro atoms. The zero-order valence-electron chi connectivity index (χ0n) is 19.8. The number of carbonyl (C=O) groups is 1. The molecule has 174 valence electrons. The van der Waals surface area contributed by atoms with Gasteiger partial charge in [-0.1, -0.05) is 17.7 Å². The molecule has 0 bridgehead atoms. The molecule has 0 unspecified atom stereocenters. The molecule has 34 heavy (non-hydrogen) atoms. The molecule has 4 rings (SSSR count). The van der Waals surface area contributed by atoms with Crippen LogP contribution in [-0.4, -0.2) is 32.2 Å². The van der Waals surface area contributed by atoms with Crippen LogP contribution in [0.15, 0.2) is 65.3 Å². The quantitative estimate of drug-likeness (QED) is 0.371. The highest BCUT2D eigenvalue weighted by Crippen LogP contribution is 2.38. The first-order valence-corrected chi connectivity index (χ1v) is 10.7. The number of nitrogens with zero attached hydrogens (tertiary/aromatic N) is 1. The van der Waals surface area contributed by atoms with Gasteiger partial charge in [-0.05, 0) is 61.9 Å². The summed E-state index contributed by atoms with van der Waals surface area (Å²) in [6.45, 7) is 4.10. The Balaban J connectivity index is 1.52. The van der Waals surface area contributed by atoms with E-state index < -0.39 is 0 Å². The van der Waals surface area contributed by atoms with Crippen molar-refractivity contribution in [2.24, 2.45) is 0 Å². The summed E-state index contributed by atoms with van der Waals surface area (Å²) in [5, 5.41) is 2.88. The van der Waals surface area contributed by atoms with Crippen LogP contribution in [0.4, 0.5) is 5.69 Å². The van der Waals surface area contributed by atoms with Crippen LogP contribution in [0.1, 0.15) is 21.5 Å². The summed E-state index contributed by atoms with van der Waals surface area (Å²) >= 11 is 0. The van der Waals surface area contributed by atoms with E-state index in [1.165, 1.54) is 21.3 Å². The molecule has 0 saturated carbocycles. The Morgan fingerprint density at radius 2 is 1.56 bits per heavy atom. The fourth-order valence-corrected chi connectivity index (χ4v) is 3.65. The van der Waals surface area contributed by atoms with Gasteiger partial charge in [-0.3, -0.25) is 4.79 Å². The minimum absolute atomic E-state index is 0.305. The largest absolute Gasteiger partial charge is 0.493 e. The van der Waals surface area contributed by atoms with E-state index in [0.717, 1.165) is 27.9 Å². The SMILES string of the molecule is COc1cc(C(=O)Nc2ccc(-c3nc(-c4cc(C)ccc4C)co3)cc2)cc(OC)c1OC. The predicted octanol–water partition coefficient (Wildman–Crippen LogP) is 5.90. The number of ether oxygens (including phenoxy) is 3. The van der Waals surface area contributed by atoms with Gasteiger partial charge in [0.15, 0.2) is 11.5 Å². The number of nitrogens with one attached hydrogen (secondary N) is 1. The molecule has 7 heteroatoms. The molecule has 1 heterocycles. The number of carbonyl (C=O) groups excluding carboxylic acids is 1. The van der Waals surface area contributed by atoms with Gasteiger partial charge >= 0.3 is 0 Å². The zero-order chi connectivity index (χ0) is 24.2. The van der Waals surface area contributed by atoms with Gasteiger partial charge in [0.25, 0.3) is 5.91 Å².